The summed E-state index contributed by atoms with van der Waals surface area (Å²) in [6, 6.07) is 5.84. The molecule has 7 atom stereocenters. The molecule has 242 valence electrons. The molecule has 0 saturated carbocycles. The number of carbonyl (C=O) groups is 4. The molecule has 1 aromatic heterocycles. The lowest BCUT2D eigenvalue weighted by atomic mass is 9.73. The van der Waals surface area contributed by atoms with Gasteiger partial charge in [0.2, 0.25) is 0 Å². The number of nitrogens with two attached hydrogens (primary N) is 2. The summed E-state index contributed by atoms with van der Waals surface area (Å²) in [5.41, 5.74) is 11.8. The van der Waals surface area contributed by atoms with Gasteiger partial charge >= 0.3 is 23.9 Å². The lowest BCUT2D eigenvalue weighted by molar-refractivity contribution is -0.141. The Balaban J connectivity index is 0.000000282. The molecule has 5 rings (SSSR count). The summed E-state index contributed by atoms with van der Waals surface area (Å²) in [7, 11) is 1.66. The van der Waals surface area contributed by atoms with Crippen LogP contribution in [0.5, 0.6) is 5.75 Å². The van der Waals surface area contributed by atoms with E-state index in [0.717, 1.165) is 41.7 Å². The Kier molecular flexibility index (Phi) is 14.1. The molecule has 2 bridgehead atoms. The van der Waals surface area contributed by atoms with Crippen molar-refractivity contribution in [1.82, 2.24) is 9.88 Å². The molecule has 3 saturated heterocycles. The van der Waals surface area contributed by atoms with E-state index >= 15 is 0 Å². The number of piperidine rings is 3. The van der Waals surface area contributed by atoms with Crippen molar-refractivity contribution in [1.29, 1.82) is 0 Å². The van der Waals surface area contributed by atoms with Crippen LogP contribution in [-0.2, 0) is 19.2 Å². The monoisotopic (exact) mass is 618 g/mol. The maximum Gasteiger partial charge on any atom is 0.320 e. The van der Waals surface area contributed by atoms with Gasteiger partial charge in [-0.1, -0.05) is 6.08 Å². The average molecular weight is 619 g/mol. The quantitative estimate of drug-likeness (QED) is 0.167. The molecule has 2 aromatic rings. The number of aliphatic carboxylic acids is 4. The highest BCUT2D eigenvalue weighted by Crippen LogP contribution is 2.42. The zero-order chi connectivity index (χ0) is 33.0. The Bertz CT molecular complexity index is 1270. The average Bonchev–Trinajstić information content (AvgIpc) is 3.01. The van der Waals surface area contributed by atoms with Crippen LogP contribution in [0.1, 0.15) is 50.2 Å². The second kappa shape index (κ2) is 17.3. The predicted octanol–water partition coefficient (Wildman–Crippen LogP) is 1.70. The minimum absolute atomic E-state index is 0.0231. The Morgan fingerprint density at radius 3 is 2.09 bits per heavy atom. The molecule has 1 aromatic carbocycles. The number of hydrogen-bond donors (Lipinski definition) is 7. The Labute approximate surface area is 254 Å². The first kappa shape index (κ1) is 36.1. The summed E-state index contributed by atoms with van der Waals surface area (Å²) in [6.07, 6.45) is 5.17. The number of aliphatic hydroxyl groups excluding tert-OH is 1. The molecular weight excluding hydrogens is 576 g/mol. The number of carboxylic acid groups (broad SMARTS) is 4. The van der Waals surface area contributed by atoms with Crippen molar-refractivity contribution in [3.05, 3.63) is 48.7 Å². The van der Waals surface area contributed by atoms with Crippen LogP contribution >= 0.6 is 0 Å². The first-order valence-corrected chi connectivity index (χ1v) is 14.2. The summed E-state index contributed by atoms with van der Waals surface area (Å²) >= 11 is 0. The fraction of sp³-hybridized carbons (Fsp3) is 0.500. The molecule has 3 aliphatic heterocycles. The van der Waals surface area contributed by atoms with Gasteiger partial charge in [-0.05, 0) is 73.9 Å². The summed E-state index contributed by atoms with van der Waals surface area (Å²) in [4.78, 5) is 46.6. The largest absolute Gasteiger partial charge is 0.497 e. The first-order chi connectivity index (χ1) is 20.8. The van der Waals surface area contributed by atoms with E-state index in [9.17, 15) is 24.3 Å². The highest BCUT2D eigenvalue weighted by molar-refractivity contribution is 5.84. The molecule has 3 fully saturated rings. The van der Waals surface area contributed by atoms with Gasteiger partial charge < -0.3 is 41.7 Å². The van der Waals surface area contributed by atoms with E-state index in [1.165, 1.54) is 6.42 Å². The number of benzene rings is 1. The molecular formula is C30H42N4O10. The topological polar surface area (TPSA) is 247 Å². The Hall–Kier alpha value is -4.11. The number of hydrogen-bond acceptors (Lipinski definition) is 10. The lowest BCUT2D eigenvalue weighted by Gasteiger charge is -2.50. The highest BCUT2D eigenvalue weighted by atomic mass is 16.5. The first-order valence-electron chi connectivity index (χ1n) is 14.2. The number of methoxy groups -OCH3 is 1. The third kappa shape index (κ3) is 10.6. The van der Waals surface area contributed by atoms with E-state index in [-0.39, 0.29) is 31.7 Å². The van der Waals surface area contributed by atoms with Gasteiger partial charge in [-0.2, -0.15) is 0 Å². The minimum Gasteiger partial charge on any atom is -0.497 e. The molecule has 0 amide bonds. The van der Waals surface area contributed by atoms with Crippen molar-refractivity contribution in [2.24, 2.45) is 23.3 Å². The summed E-state index contributed by atoms with van der Waals surface area (Å²) in [5, 5.41) is 44.7. The van der Waals surface area contributed by atoms with Crippen LogP contribution < -0.4 is 16.2 Å². The zero-order valence-corrected chi connectivity index (χ0v) is 24.6. The van der Waals surface area contributed by atoms with Crippen molar-refractivity contribution < 1.29 is 49.4 Å². The summed E-state index contributed by atoms with van der Waals surface area (Å²) in [5.74, 6) is -2.39. The lowest BCUT2D eigenvalue weighted by Crippen LogP contribution is -2.54. The van der Waals surface area contributed by atoms with E-state index in [1.807, 2.05) is 24.3 Å². The van der Waals surface area contributed by atoms with Crippen molar-refractivity contribution in [2.75, 3.05) is 20.2 Å². The number of aromatic nitrogens is 1. The standard InChI is InChI=1S/C20H24N2O2.2C5H9NO4/c1-3-13-12-22-9-7-14(13)10-19(22)20(23)16-6-8-21-18-5-4-15(24-2)11-17(16)18;2*6-3(5(9)10)1-2-4(7)8/h3-6,8,11,13-14,19-20,23H,1,7,9-10,12H2,2H3;2*3H,1-2,6H2,(H,7,8)(H,9,10)/t13-,14-,19+,20+;2*3-/m000/s1. The third-order valence-corrected chi connectivity index (χ3v) is 7.79. The number of aliphatic hydroxyl groups is 1. The molecule has 1 unspecified atom stereocenters. The van der Waals surface area contributed by atoms with Crippen LogP contribution in [0, 0.1) is 11.8 Å². The molecule has 14 nitrogen and oxygen atoms in total. The van der Waals surface area contributed by atoms with Gasteiger partial charge in [0.1, 0.15) is 17.8 Å². The van der Waals surface area contributed by atoms with Gasteiger partial charge in [-0.25, -0.2) is 0 Å². The Morgan fingerprint density at radius 1 is 1.05 bits per heavy atom. The second-order valence-corrected chi connectivity index (χ2v) is 10.7. The molecule has 3 aliphatic rings. The van der Waals surface area contributed by atoms with Crippen LogP contribution in [-0.4, -0.2) is 97.6 Å². The van der Waals surface area contributed by atoms with E-state index in [2.05, 4.69) is 22.5 Å². The summed E-state index contributed by atoms with van der Waals surface area (Å²) in [6.45, 7) is 6.07. The van der Waals surface area contributed by atoms with E-state index in [0.29, 0.717) is 11.8 Å². The molecule has 14 heteroatoms. The number of rotatable bonds is 12. The fourth-order valence-electron chi connectivity index (χ4n) is 5.25. The number of nitrogens with zero attached hydrogens (tertiary/aromatic N) is 2. The molecule has 44 heavy (non-hydrogen) atoms. The number of carboxylic acids is 4. The van der Waals surface area contributed by atoms with Crippen molar-refractivity contribution >= 4 is 34.8 Å². The third-order valence-electron chi connectivity index (χ3n) is 7.79. The van der Waals surface area contributed by atoms with Gasteiger partial charge in [0, 0.05) is 37.0 Å². The van der Waals surface area contributed by atoms with Gasteiger partial charge in [0.15, 0.2) is 0 Å². The molecule has 4 heterocycles. The maximum absolute atomic E-state index is 11.2. The minimum atomic E-state index is -1.17. The van der Waals surface area contributed by atoms with Crippen LogP contribution in [0.25, 0.3) is 10.9 Å². The van der Waals surface area contributed by atoms with Gasteiger partial charge in [0.05, 0.1) is 18.7 Å². The second-order valence-electron chi connectivity index (χ2n) is 10.7. The Morgan fingerprint density at radius 2 is 1.64 bits per heavy atom. The van der Waals surface area contributed by atoms with Crippen molar-refractivity contribution in [3.63, 3.8) is 0 Å². The predicted molar refractivity (Wildman–Crippen MR) is 160 cm³/mol. The normalized spacial score (nSPS) is 22.2. The molecule has 0 spiro atoms. The fourth-order valence-corrected chi connectivity index (χ4v) is 5.25. The van der Waals surface area contributed by atoms with Gasteiger partial charge in [-0.3, -0.25) is 29.1 Å². The van der Waals surface area contributed by atoms with Crippen LogP contribution in [0.4, 0.5) is 0 Å². The number of fused-ring (bicyclic) bond motifs is 4. The van der Waals surface area contributed by atoms with Gasteiger partial charge in [0.25, 0.3) is 0 Å². The molecule has 9 N–H and O–H groups in total. The van der Waals surface area contributed by atoms with E-state index < -0.39 is 42.1 Å². The maximum atomic E-state index is 11.2. The summed E-state index contributed by atoms with van der Waals surface area (Å²) < 4.78 is 5.35. The van der Waals surface area contributed by atoms with Gasteiger partial charge in [-0.15, -0.1) is 6.58 Å². The highest BCUT2D eigenvalue weighted by Gasteiger charge is 2.42. The van der Waals surface area contributed by atoms with Crippen LogP contribution in [0.2, 0.25) is 0 Å². The number of ether oxygens (including phenoxy) is 1. The van der Waals surface area contributed by atoms with Crippen LogP contribution in [0.3, 0.4) is 0 Å². The van der Waals surface area contributed by atoms with Crippen molar-refractivity contribution in [3.8, 4) is 5.75 Å². The smallest absolute Gasteiger partial charge is 0.320 e. The van der Waals surface area contributed by atoms with E-state index in [4.69, 9.17) is 36.6 Å². The SMILES string of the molecule is C=C[C@H]1CN2CC[C@H]1C[C@@H]2[C@H](O)c1ccnc2ccc(OC)cc12.N[C@@H](CCC(=O)O)C(=O)O.N[C@@H](CCC(=O)O)C(=O)O. The van der Waals surface area contributed by atoms with E-state index in [1.54, 1.807) is 13.3 Å². The number of pyridine rings is 1. The van der Waals surface area contributed by atoms with Crippen LogP contribution in [0.15, 0.2) is 43.1 Å². The van der Waals surface area contributed by atoms with Crippen molar-refractivity contribution in [2.45, 2.75) is 62.8 Å². The zero-order valence-electron chi connectivity index (χ0n) is 24.6. The molecule has 0 radical (unpaired) electrons. The molecule has 0 aliphatic carbocycles.